The molecule has 0 unspecified atom stereocenters. The van der Waals surface area contributed by atoms with Crippen molar-refractivity contribution in [2.75, 3.05) is 20.3 Å². The molecule has 1 rings (SSSR count). The molecule has 0 bridgehead atoms. The maximum Gasteiger partial charge on any atom is 0.119 e. The van der Waals surface area contributed by atoms with E-state index in [2.05, 4.69) is 26.1 Å². The van der Waals surface area contributed by atoms with Crippen molar-refractivity contribution in [2.24, 2.45) is 0 Å². The molecule has 1 aromatic rings. The lowest BCUT2D eigenvalue weighted by molar-refractivity contribution is 0.184. The Kier molecular flexibility index (Phi) is 6.16. The van der Waals surface area contributed by atoms with Crippen LogP contribution in [0.3, 0.4) is 0 Å². The molecule has 102 valence electrons. The molecule has 0 radical (unpaired) electrons. The van der Waals surface area contributed by atoms with Crippen LogP contribution in [0.25, 0.3) is 0 Å². The van der Waals surface area contributed by atoms with Gasteiger partial charge in [0.15, 0.2) is 0 Å². The van der Waals surface area contributed by atoms with Crippen molar-refractivity contribution in [3.8, 4) is 5.75 Å². The summed E-state index contributed by atoms with van der Waals surface area (Å²) in [6.45, 7) is 8.74. The molecule has 0 aliphatic heterocycles. The highest BCUT2D eigenvalue weighted by molar-refractivity contribution is 5.28. The lowest BCUT2D eigenvalue weighted by Crippen LogP contribution is -2.40. The van der Waals surface area contributed by atoms with Crippen LogP contribution in [0.1, 0.15) is 32.8 Å². The van der Waals surface area contributed by atoms with Crippen molar-refractivity contribution in [3.05, 3.63) is 29.8 Å². The van der Waals surface area contributed by atoms with Gasteiger partial charge in [0.2, 0.25) is 0 Å². The first kappa shape index (κ1) is 15.0. The van der Waals surface area contributed by atoms with Crippen LogP contribution in [-0.4, -0.2) is 25.8 Å². The van der Waals surface area contributed by atoms with E-state index in [-0.39, 0.29) is 5.54 Å². The van der Waals surface area contributed by atoms with Gasteiger partial charge in [0.25, 0.3) is 0 Å². The van der Waals surface area contributed by atoms with E-state index in [1.165, 1.54) is 0 Å². The van der Waals surface area contributed by atoms with Gasteiger partial charge in [0.1, 0.15) is 12.4 Å². The summed E-state index contributed by atoms with van der Waals surface area (Å²) in [7, 11) is 1.70. The minimum absolute atomic E-state index is 0.182. The summed E-state index contributed by atoms with van der Waals surface area (Å²) in [5.41, 5.74) is 1.32. The van der Waals surface area contributed by atoms with Gasteiger partial charge in [-0.2, -0.15) is 0 Å². The lowest BCUT2D eigenvalue weighted by atomic mass is 10.0. The van der Waals surface area contributed by atoms with Gasteiger partial charge in [-0.05, 0) is 38.0 Å². The van der Waals surface area contributed by atoms with Crippen molar-refractivity contribution < 1.29 is 9.47 Å². The summed E-state index contributed by atoms with van der Waals surface area (Å²) >= 11 is 0. The van der Waals surface area contributed by atoms with E-state index in [1.807, 2.05) is 24.3 Å². The van der Waals surface area contributed by atoms with Crippen molar-refractivity contribution in [1.82, 2.24) is 5.32 Å². The Bertz CT molecular complexity index is 350. The molecule has 0 fully saturated rings. The zero-order valence-corrected chi connectivity index (χ0v) is 12.0. The molecule has 0 aliphatic carbocycles. The Hall–Kier alpha value is -1.06. The number of hydrogen-bond donors (Lipinski definition) is 1. The van der Waals surface area contributed by atoms with E-state index >= 15 is 0 Å². The highest BCUT2D eigenvalue weighted by atomic mass is 16.5. The standard InChI is InChI=1S/C15H25NO2/c1-5-15(2,3)16-9-10-18-14-8-6-7-13(11-14)12-17-4/h6-8,11,16H,5,9-10,12H2,1-4H3. The SMILES string of the molecule is CCC(C)(C)NCCOc1cccc(COC)c1. The molecular formula is C15H25NO2. The average Bonchev–Trinajstić information content (AvgIpc) is 2.36. The van der Waals surface area contributed by atoms with Crippen molar-refractivity contribution >= 4 is 0 Å². The molecule has 1 N–H and O–H groups in total. The Balaban J connectivity index is 2.33. The zero-order chi connectivity index (χ0) is 13.4. The van der Waals surface area contributed by atoms with Gasteiger partial charge in [-0.25, -0.2) is 0 Å². The number of benzene rings is 1. The van der Waals surface area contributed by atoms with Gasteiger partial charge < -0.3 is 14.8 Å². The van der Waals surface area contributed by atoms with E-state index in [4.69, 9.17) is 9.47 Å². The molecule has 0 saturated heterocycles. The third-order valence-electron chi connectivity index (χ3n) is 3.07. The molecule has 0 atom stereocenters. The van der Waals surface area contributed by atoms with E-state index < -0.39 is 0 Å². The monoisotopic (exact) mass is 251 g/mol. The van der Waals surface area contributed by atoms with E-state index in [9.17, 15) is 0 Å². The number of ether oxygens (including phenoxy) is 2. The second-order valence-corrected chi connectivity index (χ2v) is 5.09. The minimum atomic E-state index is 0.182. The number of rotatable bonds is 8. The van der Waals surface area contributed by atoms with E-state index in [0.29, 0.717) is 13.2 Å². The number of methoxy groups -OCH3 is 1. The topological polar surface area (TPSA) is 30.5 Å². The van der Waals surface area contributed by atoms with Crippen LogP contribution in [-0.2, 0) is 11.3 Å². The molecule has 3 nitrogen and oxygen atoms in total. The predicted octanol–water partition coefficient (Wildman–Crippen LogP) is 2.99. The smallest absolute Gasteiger partial charge is 0.119 e. The van der Waals surface area contributed by atoms with Gasteiger partial charge in [-0.1, -0.05) is 19.1 Å². The molecule has 0 heterocycles. The van der Waals surface area contributed by atoms with Crippen LogP contribution in [0.2, 0.25) is 0 Å². The highest BCUT2D eigenvalue weighted by Crippen LogP contribution is 2.14. The van der Waals surface area contributed by atoms with Crippen molar-refractivity contribution in [3.63, 3.8) is 0 Å². The van der Waals surface area contributed by atoms with Crippen LogP contribution in [0.5, 0.6) is 5.75 Å². The lowest BCUT2D eigenvalue weighted by Gasteiger charge is -2.24. The quantitative estimate of drug-likeness (QED) is 0.720. The molecule has 0 aromatic heterocycles. The average molecular weight is 251 g/mol. The van der Waals surface area contributed by atoms with Crippen LogP contribution < -0.4 is 10.1 Å². The second kappa shape index (κ2) is 7.39. The summed E-state index contributed by atoms with van der Waals surface area (Å²) in [4.78, 5) is 0. The zero-order valence-electron chi connectivity index (χ0n) is 12.0. The fourth-order valence-corrected chi connectivity index (χ4v) is 1.58. The van der Waals surface area contributed by atoms with Gasteiger partial charge in [0.05, 0.1) is 6.61 Å². The van der Waals surface area contributed by atoms with Crippen molar-refractivity contribution in [2.45, 2.75) is 39.3 Å². The molecular weight excluding hydrogens is 226 g/mol. The first-order chi connectivity index (χ1) is 8.57. The van der Waals surface area contributed by atoms with Gasteiger partial charge in [-0.3, -0.25) is 0 Å². The maximum absolute atomic E-state index is 5.71. The third-order valence-corrected chi connectivity index (χ3v) is 3.07. The number of nitrogens with one attached hydrogen (secondary N) is 1. The van der Waals surface area contributed by atoms with Gasteiger partial charge >= 0.3 is 0 Å². The third kappa shape index (κ3) is 5.52. The fraction of sp³-hybridized carbons (Fsp3) is 0.600. The summed E-state index contributed by atoms with van der Waals surface area (Å²) in [6, 6.07) is 8.03. The first-order valence-electron chi connectivity index (χ1n) is 6.53. The largest absolute Gasteiger partial charge is 0.492 e. The second-order valence-electron chi connectivity index (χ2n) is 5.09. The minimum Gasteiger partial charge on any atom is -0.492 e. The molecule has 1 aromatic carbocycles. The van der Waals surface area contributed by atoms with Crippen molar-refractivity contribution in [1.29, 1.82) is 0 Å². The summed E-state index contributed by atoms with van der Waals surface area (Å²) < 4.78 is 10.8. The maximum atomic E-state index is 5.71. The Morgan fingerprint density at radius 3 is 2.72 bits per heavy atom. The van der Waals surface area contributed by atoms with Gasteiger partial charge in [-0.15, -0.1) is 0 Å². The van der Waals surface area contributed by atoms with Crippen LogP contribution in [0.4, 0.5) is 0 Å². The molecule has 18 heavy (non-hydrogen) atoms. The molecule has 3 heteroatoms. The van der Waals surface area contributed by atoms with E-state index in [1.54, 1.807) is 7.11 Å². The highest BCUT2D eigenvalue weighted by Gasteiger charge is 2.12. The van der Waals surface area contributed by atoms with Gasteiger partial charge in [0, 0.05) is 19.2 Å². The van der Waals surface area contributed by atoms with Crippen LogP contribution in [0.15, 0.2) is 24.3 Å². The Morgan fingerprint density at radius 1 is 1.28 bits per heavy atom. The van der Waals surface area contributed by atoms with Crippen LogP contribution in [0, 0.1) is 0 Å². The predicted molar refractivity (Wildman–Crippen MR) is 75.0 cm³/mol. The molecule has 0 amide bonds. The Labute approximate surface area is 110 Å². The first-order valence-corrected chi connectivity index (χ1v) is 6.53. The summed E-state index contributed by atoms with van der Waals surface area (Å²) in [5, 5.41) is 3.47. The summed E-state index contributed by atoms with van der Waals surface area (Å²) in [5.74, 6) is 0.903. The Morgan fingerprint density at radius 2 is 2.06 bits per heavy atom. The van der Waals surface area contributed by atoms with E-state index in [0.717, 1.165) is 24.3 Å². The molecule has 0 saturated carbocycles. The van der Waals surface area contributed by atoms with Crippen LogP contribution >= 0.6 is 0 Å². The normalized spacial score (nSPS) is 11.6. The molecule has 0 aliphatic rings. The fourth-order valence-electron chi connectivity index (χ4n) is 1.58. The molecule has 0 spiro atoms. The number of hydrogen-bond acceptors (Lipinski definition) is 3. The summed E-state index contributed by atoms with van der Waals surface area (Å²) in [6.07, 6.45) is 1.11.